The molecule has 0 bridgehead atoms. The standard InChI is InChI=1S/C16H21NO2/c1-3-15(18)17-11-14-5-4-10-19-16(14)13-8-6-12(2)7-9-13/h3,6-9,14,16H,1,4-5,10-11H2,2H3,(H,17,18). The molecule has 2 rings (SSSR count). The van der Waals surface area contributed by atoms with Crippen molar-refractivity contribution in [3.05, 3.63) is 48.0 Å². The second-order valence-electron chi connectivity index (χ2n) is 5.05. The molecule has 1 heterocycles. The van der Waals surface area contributed by atoms with Gasteiger partial charge in [0.1, 0.15) is 0 Å². The predicted molar refractivity (Wildman–Crippen MR) is 75.8 cm³/mol. The number of ether oxygens (including phenoxy) is 1. The van der Waals surface area contributed by atoms with Crippen LogP contribution in [0.3, 0.4) is 0 Å². The Morgan fingerprint density at radius 1 is 1.47 bits per heavy atom. The van der Waals surface area contributed by atoms with Gasteiger partial charge in [-0.3, -0.25) is 4.79 Å². The number of carbonyl (C=O) groups excluding carboxylic acids is 1. The summed E-state index contributed by atoms with van der Waals surface area (Å²) in [6, 6.07) is 8.45. The fourth-order valence-corrected chi connectivity index (χ4v) is 2.48. The summed E-state index contributed by atoms with van der Waals surface area (Å²) in [5, 5.41) is 2.88. The lowest BCUT2D eigenvalue weighted by Gasteiger charge is -2.32. The van der Waals surface area contributed by atoms with Crippen LogP contribution >= 0.6 is 0 Å². The number of nitrogens with one attached hydrogen (secondary N) is 1. The Morgan fingerprint density at radius 3 is 2.89 bits per heavy atom. The van der Waals surface area contributed by atoms with Gasteiger partial charge in [0.15, 0.2) is 0 Å². The van der Waals surface area contributed by atoms with Crippen molar-refractivity contribution in [2.24, 2.45) is 5.92 Å². The van der Waals surface area contributed by atoms with Crippen molar-refractivity contribution >= 4 is 5.91 Å². The number of hydrogen-bond acceptors (Lipinski definition) is 2. The molecule has 1 aromatic carbocycles. The molecule has 1 fully saturated rings. The van der Waals surface area contributed by atoms with E-state index in [0.29, 0.717) is 12.5 Å². The summed E-state index contributed by atoms with van der Waals surface area (Å²) in [5.41, 5.74) is 2.44. The highest BCUT2D eigenvalue weighted by molar-refractivity contribution is 5.86. The molecule has 1 aliphatic heterocycles. The van der Waals surface area contributed by atoms with Gasteiger partial charge in [0.05, 0.1) is 6.10 Å². The summed E-state index contributed by atoms with van der Waals surface area (Å²) in [6.07, 6.45) is 3.52. The third-order valence-electron chi connectivity index (χ3n) is 3.57. The van der Waals surface area contributed by atoms with Crippen LogP contribution in [0, 0.1) is 12.8 Å². The van der Waals surface area contributed by atoms with Gasteiger partial charge < -0.3 is 10.1 Å². The fourth-order valence-electron chi connectivity index (χ4n) is 2.48. The van der Waals surface area contributed by atoms with Crippen LogP contribution in [0.15, 0.2) is 36.9 Å². The van der Waals surface area contributed by atoms with Crippen LogP contribution in [0.1, 0.15) is 30.1 Å². The summed E-state index contributed by atoms with van der Waals surface area (Å²) in [5.74, 6) is 0.216. The minimum Gasteiger partial charge on any atom is -0.373 e. The zero-order chi connectivity index (χ0) is 13.7. The van der Waals surface area contributed by atoms with Crippen molar-refractivity contribution < 1.29 is 9.53 Å². The molecule has 102 valence electrons. The van der Waals surface area contributed by atoms with Crippen LogP contribution < -0.4 is 5.32 Å². The van der Waals surface area contributed by atoms with E-state index in [0.717, 1.165) is 19.4 Å². The molecule has 19 heavy (non-hydrogen) atoms. The van der Waals surface area contributed by atoms with Crippen molar-refractivity contribution in [1.82, 2.24) is 5.32 Å². The summed E-state index contributed by atoms with van der Waals surface area (Å²) < 4.78 is 5.91. The molecule has 0 aromatic heterocycles. The Labute approximate surface area is 114 Å². The third kappa shape index (κ3) is 3.67. The van der Waals surface area contributed by atoms with Gasteiger partial charge >= 0.3 is 0 Å². The number of benzene rings is 1. The molecule has 0 aliphatic carbocycles. The van der Waals surface area contributed by atoms with E-state index >= 15 is 0 Å². The number of amides is 1. The molecule has 0 radical (unpaired) electrons. The molecule has 2 unspecified atom stereocenters. The number of carbonyl (C=O) groups is 1. The maximum Gasteiger partial charge on any atom is 0.243 e. The van der Waals surface area contributed by atoms with E-state index in [1.807, 2.05) is 0 Å². The Morgan fingerprint density at radius 2 is 2.21 bits per heavy atom. The average molecular weight is 259 g/mol. The van der Waals surface area contributed by atoms with Gasteiger partial charge in [0.25, 0.3) is 0 Å². The van der Waals surface area contributed by atoms with Crippen LogP contribution in [0.5, 0.6) is 0 Å². The van der Waals surface area contributed by atoms with Crippen molar-refractivity contribution in [1.29, 1.82) is 0 Å². The van der Waals surface area contributed by atoms with Crippen molar-refractivity contribution in [2.45, 2.75) is 25.9 Å². The summed E-state index contributed by atoms with van der Waals surface area (Å²) in [4.78, 5) is 11.3. The lowest BCUT2D eigenvalue weighted by Crippen LogP contribution is -2.34. The van der Waals surface area contributed by atoms with Gasteiger partial charge in [-0.1, -0.05) is 36.4 Å². The first-order chi connectivity index (χ1) is 9.20. The summed E-state index contributed by atoms with van der Waals surface area (Å²) in [7, 11) is 0. The van der Waals surface area contributed by atoms with Crippen LogP contribution in [0.25, 0.3) is 0 Å². The molecule has 2 atom stereocenters. The van der Waals surface area contributed by atoms with E-state index < -0.39 is 0 Å². The normalized spacial score (nSPS) is 22.8. The Bertz CT molecular complexity index is 439. The maximum atomic E-state index is 11.3. The van der Waals surface area contributed by atoms with Crippen LogP contribution in [0.4, 0.5) is 0 Å². The van der Waals surface area contributed by atoms with Gasteiger partial charge in [0, 0.05) is 19.1 Å². The Hall–Kier alpha value is -1.61. The smallest absolute Gasteiger partial charge is 0.243 e. The lowest BCUT2D eigenvalue weighted by atomic mass is 9.89. The highest BCUT2D eigenvalue weighted by atomic mass is 16.5. The topological polar surface area (TPSA) is 38.3 Å². The average Bonchev–Trinajstić information content (AvgIpc) is 2.46. The first-order valence-corrected chi connectivity index (χ1v) is 6.79. The molecular formula is C16H21NO2. The molecule has 1 saturated heterocycles. The van der Waals surface area contributed by atoms with E-state index in [2.05, 4.69) is 43.1 Å². The van der Waals surface area contributed by atoms with Gasteiger partial charge in [-0.05, 0) is 31.4 Å². The first kappa shape index (κ1) is 13.8. The lowest BCUT2D eigenvalue weighted by molar-refractivity contribution is -0.117. The van der Waals surface area contributed by atoms with E-state index in [1.54, 1.807) is 0 Å². The molecule has 0 spiro atoms. The minimum atomic E-state index is -0.117. The fraction of sp³-hybridized carbons (Fsp3) is 0.438. The van der Waals surface area contributed by atoms with Crippen LogP contribution in [-0.4, -0.2) is 19.1 Å². The Balaban J connectivity index is 2.05. The van der Waals surface area contributed by atoms with Crippen molar-refractivity contribution in [2.75, 3.05) is 13.2 Å². The van der Waals surface area contributed by atoms with Crippen molar-refractivity contribution in [3.8, 4) is 0 Å². The SMILES string of the molecule is C=CC(=O)NCC1CCCOC1c1ccc(C)cc1. The van der Waals surface area contributed by atoms with Gasteiger partial charge in [-0.2, -0.15) is 0 Å². The molecule has 1 aliphatic rings. The van der Waals surface area contributed by atoms with Crippen molar-refractivity contribution in [3.63, 3.8) is 0 Å². The minimum absolute atomic E-state index is 0.0828. The van der Waals surface area contributed by atoms with Gasteiger partial charge in [-0.25, -0.2) is 0 Å². The quantitative estimate of drug-likeness (QED) is 0.844. The number of hydrogen-bond donors (Lipinski definition) is 1. The van der Waals surface area contributed by atoms with E-state index in [4.69, 9.17) is 4.74 Å². The van der Waals surface area contributed by atoms with Crippen LogP contribution in [0.2, 0.25) is 0 Å². The molecule has 3 heteroatoms. The van der Waals surface area contributed by atoms with E-state index in [-0.39, 0.29) is 12.0 Å². The van der Waals surface area contributed by atoms with E-state index in [1.165, 1.54) is 17.2 Å². The molecule has 0 saturated carbocycles. The number of aryl methyl sites for hydroxylation is 1. The zero-order valence-electron chi connectivity index (χ0n) is 11.4. The first-order valence-electron chi connectivity index (χ1n) is 6.79. The second kappa shape index (κ2) is 6.53. The molecule has 3 nitrogen and oxygen atoms in total. The van der Waals surface area contributed by atoms with Crippen LogP contribution in [-0.2, 0) is 9.53 Å². The highest BCUT2D eigenvalue weighted by Gasteiger charge is 2.27. The molecule has 1 N–H and O–H groups in total. The summed E-state index contributed by atoms with van der Waals surface area (Å²) in [6.45, 7) is 6.98. The zero-order valence-corrected chi connectivity index (χ0v) is 11.4. The van der Waals surface area contributed by atoms with E-state index in [9.17, 15) is 4.79 Å². The summed E-state index contributed by atoms with van der Waals surface area (Å²) >= 11 is 0. The molecular weight excluding hydrogens is 238 g/mol. The third-order valence-corrected chi connectivity index (χ3v) is 3.57. The predicted octanol–water partition coefficient (Wildman–Crippen LogP) is 2.76. The molecule has 1 aromatic rings. The monoisotopic (exact) mass is 259 g/mol. The largest absolute Gasteiger partial charge is 0.373 e. The maximum absolute atomic E-state index is 11.3. The number of rotatable bonds is 4. The van der Waals surface area contributed by atoms with Gasteiger partial charge in [0.2, 0.25) is 5.91 Å². The highest BCUT2D eigenvalue weighted by Crippen LogP contribution is 2.33. The van der Waals surface area contributed by atoms with Gasteiger partial charge in [-0.15, -0.1) is 0 Å². The second-order valence-corrected chi connectivity index (χ2v) is 5.05. The molecule has 1 amide bonds. The Kier molecular flexibility index (Phi) is 4.74.